The van der Waals surface area contributed by atoms with Crippen molar-refractivity contribution in [2.45, 2.75) is 12.2 Å². The van der Waals surface area contributed by atoms with Crippen molar-refractivity contribution in [1.82, 2.24) is 4.90 Å². The molecule has 1 saturated heterocycles. The number of benzene rings is 1. The van der Waals surface area contributed by atoms with E-state index < -0.39 is 12.2 Å². The number of nitrogens with one attached hydrogen (secondary N) is 1. The summed E-state index contributed by atoms with van der Waals surface area (Å²) in [5.74, 6) is -0.336. The second kappa shape index (κ2) is 6.47. The average molecular weight is 340 g/mol. The van der Waals surface area contributed by atoms with E-state index in [2.05, 4.69) is 5.32 Å². The van der Waals surface area contributed by atoms with Crippen LogP contribution in [0.3, 0.4) is 0 Å². The summed E-state index contributed by atoms with van der Waals surface area (Å²) in [5, 5.41) is 22.3. The standard InChI is InChI=1S/C12H13Cl3N2O3/c13-6-1-7(14)12(8(15)2-6)16-11(20)5-17-3-9(18)10(19)4-17/h1-2,9-10,18-19H,3-5H2,(H,16,20)/t9-,10+. The highest BCUT2D eigenvalue weighted by molar-refractivity contribution is 6.42. The minimum atomic E-state index is -0.828. The van der Waals surface area contributed by atoms with Crippen molar-refractivity contribution in [3.63, 3.8) is 0 Å². The number of carbonyl (C=O) groups is 1. The van der Waals surface area contributed by atoms with Crippen LogP contribution in [0.4, 0.5) is 5.69 Å². The van der Waals surface area contributed by atoms with E-state index in [1.807, 2.05) is 0 Å². The van der Waals surface area contributed by atoms with Crippen LogP contribution in [0, 0.1) is 0 Å². The third kappa shape index (κ3) is 3.75. The maximum Gasteiger partial charge on any atom is 0.238 e. The van der Waals surface area contributed by atoms with Gasteiger partial charge in [-0.05, 0) is 12.1 Å². The number of β-amino-alcohol motifs (C(OH)–C–C–N with tert-alkyl or cyclic N) is 2. The third-order valence-electron chi connectivity index (χ3n) is 2.97. The average Bonchev–Trinajstić information content (AvgIpc) is 2.63. The maximum absolute atomic E-state index is 11.9. The Kier molecular flexibility index (Phi) is 5.12. The van der Waals surface area contributed by atoms with Crippen LogP contribution in [0.5, 0.6) is 0 Å². The highest BCUT2D eigenvalue weighted by Crippen LogP contribution is 2.33. The molecule has 0 aromatic heterocycles. The van der Waals surface area contributed by atoms with E-state index >= 15 is 0 Å². The Bertz CT molecular complexity index is 494. The first kappa shape index (κ1) is 15.8. The van der Waals surface area contributed by atoms with Gasteiger partial charge in [-0.2, -0.15) is 0 Å². The molecule has 110 valence electrons. The smallest absolute Gasteiger partial charge is 0.238 e. The Morgan fingerprint density at radius 1 is 1.20 bits per heavy atom. The SMILES string of the molecule is O=C(CN1C[C@@H](O)[C@@H](O)C1)Nc1c(Cl)cc(Cl)cc1Cl. The molecule has 1 fully saturated rings. The molecule has 0 radical (unpaired) electrons. The number of hydrogen-bond acceptors (Lipinski definition) is 4. The van der Waals surface area contributed by atoms with Gasteiger partial charge in [0.2, 0.25) is 5.91 Å². The second-order valence-corrected chi connectivity index (χ2v) is 5.87. The second-order valence-electron chi connectivity index (χ2n) is 4.62. The molecule has 20 heavy (non-hydrogen) atoms. The van der Waals surface area contributed by atoms with Crippen LogP contribution in [0.15, 0.2) is 12.1 Å². The largest absolute Gasteiger partial charge is 0.389 e. The summed E-state index contributed by atoms with van der Waals surface area (Å²) in [6.07, 6.45) is -1.66. The molecular weight excluding hydrogens is 327 g/mol. The highest BCUT2D eigenvalue weighted by Gasteiger charge is 2.30. The van der Waals surface area contributed by atoms with E-state index in [-0.39, 0.29) is 35.6 Å². The monoisotopic (exact) mass is 338 g/mol. The molecule has 1 amide bonds. The summed E-state index contributed by atoms with van der Waals surface area (Å²) in [4.78, 5) is 13.5. The number of hydrogen-bond donors (Lipinski definition) is 3. The van der Waals surface area contributed by atoms with Crippen LogP contribution < -0.4 is 5.32 Å². The number of nitrogens with zero attached hydrogens (tertiary/aromatic N) is 1. The van der Waals surface area contributed by atoms with E-state index in [0.29, 0.717) is 10.7 Å². The van der Waals surface area contributed by atoms with Crippen LogP contribution in [-0.2, 0) is 4.79 Å². The van der Waals surface area contributed by atoms with Crippen LogP contribution in [0.2, 0.25) is 15.1 Å². The zero-order valence-corrected chi connectivity index (χ0v) is 12.6. The van der Waals surface area contributed by atoms with Gasteiger partial charge in [-0.1, -0.05) is 34.8 Å². The maximum atomic E-state index is 11.9. The van der Waals surface area contributed by atoms with Crippen molar-refractivity contribution >= 4 is 46.4 Å². The first-order valence-electron chi connectivity index (χ1n) is 5.89. The fourth-order valence-electron chi connectivity index (χ4n) is 2.02. The molecule has 0 aliphatic carbocycles. The summed E-state index contributed by atoms with van der Waals surface area (Å²) in [7, 11) is 0. The Balaban J connectivity index is 1.99. The van der Waals surface area contributed by atoms with Gasteiger partial charge in [0.25, 0.3) is 0 Å². The summed E-state index contributed by atoms with van der Waals surface area (Å²) >= 11 is 17.7. The van der Waals surface area contributed by atoms with Gasteiger partial charge in [-0.15, -0.1) is 0 Å². The van der Waals surface area contributed by atoms with Crippen molar-refractivity contribution in [2.75, 3.05) is 25.0 Å². The minimum Gasteiger partial charge on any atom is -0.389 e. The Labute approximate surface area is 131 Å². The molecule has 1 aromatic carbocycles. The fourth-order valence-corrected chi connectivity index (χ4v) is 2.93. The number of anilines is 1. The summed E-state index contributed by atoms with van der Waals surface area (Å²) in [6.45, 7) is 0.525. The Morgan fingerprint density at radius 3 is 2.20 bits per heavy atom. The van der Waals surface area contributed by atoms with Gasteiger partial charge in [0.15, 0.2) is 0 Å². The van der Waals surface area contributed by atoms with Crippen molar-refractivity contribution in [3.05, 3.63) is 27.2 Å². The molecule has 5 nitrogen and oxygen atoms in total. The lowest BCUT2D eigenvalue weighted by molar-refractivity contribution is -0.117. The molecule has 3 N–H and O–H groups in total. The predicted octanol–water partition coefficient (Wildman–Crippen LogP) is 1.62. The molecule has 0 saturated carbocycles. The minimum absolute atomic E-state index is 0.0312. The fraction of sp³-hybridized carbons (Fsp3) is 0.417. The quantitative estimate of drug-likeness (QED) is 0.782. The van der Waals surface area contributed by atoms with Crippen LogP contribution >= 0.6 is 34.8 Å². The lowest BCUT2D eigenvalue weighted by Crippen LogP contribution is -2.32. The first-order chi connectivity index (χ1) is 9.36. The van der Waals surface area contributed by atoms with Crippen molar-refractivity contribution < 1.29 is 15.0 Å². The Morgan fingerprint density at radius 2 is 1.70 bits per heavy atom. The number of halogens is 3. The molecule has 1 aromatic rings. The number of rotatable bonds is 3. The zero-order valence-electron chi connectivity index (χ0n) is 10.3. The van der Waals surface area contributed by atoms with Gasteiger partial charge in [-0.3, -0.25) is 9.69 Å². The van der Waals surface area contributed by atoms with Gasteiger partial charge < -0.3 is 15.5 Å². The van der Waals surface area contributed by atoms with Gasteiger partial charge in [0.05, 0.1) is 34.5 Å². The molecule has 2 atom stereocenters. The van der Waals surface area contributed by atoms with Crippen molar-refractivity contribution in [1.29, 1.82) is 0 Å². The topological polar surface area (TPSA) is 72.8 Å². The molecular formula is C12H13Cl3N2O3. The van der Waals surface area contributed by atoms with Gasteiger partial charge in [0, 0.05) is 18.1 Å². The predicted molar refractivity (Wildman–Crippen MR) is 78.6 cm³/mol. The lowest BCUT2D eigenvalue weighted by Gasteiger charge is -2.15. The number of aliphatic hydroxyl groups is 2. The molecule has 0 unspecified atom stereocenters. The molecule has 0 spiro atoms. The van der Waals surface area contributed by atoms with E-state index in [4.69, 9.17) is 34.8 Å². The number of amides is 1. The molecule has 1 aliphatic rings. The normalized spacial score (nSPS) is 23.1. The van der Waals surface area contributed by atoms with Gasteiger partial charge in [0.1, 0.15) is 0 Å². The van der Waals surface area contributed by atoms with Crippen LogP contribution in [-0.4, -0.2) is 52.9 Å². The molecule has 1 heterocycles. The number of aliphatic hydroxyl groups excluding tert-OH is 2. The highest BCUT2D eigenvalue weighted by atomic mass is 35.5. The van der Waals surface area contributed by atoms with E-state index in [1.54, 1.807) is 4.90 Å². The summed E-state index contributed by atoms with van der Waals surface area (Å²) in [6, 6.07) is 2.96. The van der Waals surface area contributed by atoms with Crippen LogP contribution in [0.1, 0.15) is 0 Å². The lowest BCUT2D eigenvalue weighted by atomic mass is 10.3. The number of carbonyl (C=O) groups excluding carboxylic acids is 1. The van der Waals surface area contributed by atoms with E-state index in [9.17, 15) is 15.0 Å². The Hall–Kier alpha value is -0.560. The van der Waals surface area contributed by atoms with E-state index in [0.717, 1.165) is 0 Å². The zero-order chi connectivity index (χ0) is 14.9. The molecule has 0 bridgehead atoms. The third-order valence-corrected chi connectivity index (χ3v) is 3.79. The number of likely N-dealkylation sites (tertiary alicyclic amines) is 1. The summed E-state index contributed by atoms with van der Waals surface area (Å²) < 4.78 is 0. The van der Waals surface area contributed by atoms with Gasteiger partial charge in [-0.25, -0.2) is 0 Å². The van der Waals surface area contributed by atoms with E-state index in [1.165, 1.54) is 12.1 Å². The summed E-state index contributed by atoms with van der Waals surface area (Å²) in [5.41, 5.74) is 0.294. The molecule has 8 heteroatoms. The van der Waals surface area contributed by atoms with Crippen molar-refractivity contribution in [3.8, 4) is 0 Å². The first-order valence-corrected chi connectivity index (χ1v) is 7.03. The van der Waals surface area contributed by atoms with Crippen LogP contribution in [0.25, 0.3) is 0 Å². The van der Waals surface area contributed by atoms with Crippen molar-refractivity contribution in [2.24, 2.45) is 0 Å². The molecule has 2 rings (SSSR count). The van der Waals surface area contributed by atoms with Gasteiger partial charge >= 0.3 is 0 Å². The molecule has 1 aliphatic heterocycles.